The molecule has 1 atom stereocenters. The maximum Gasteiger partial charge on any atom is 0.252 e. The Morgan fingerprint density at radius 3 is 2.72 bits per heavy atom. The van der Waals surface area contributed by atoms with E-state index in [2.05, 4.69) is 20.9 Å². The summed E-state index contributed by atoms with van der Waals surface area (Å²) in [6, 6.07) is 11.1. The van der Waals surface area contributed by atoms with Crippen LogP contribution in [0.5, 0.6) is 5.75 Å². The van der Waals surface area contributed by atoms with Crippen molar-refractivity contribution < 1.29 is 18.7 Å². The third kappa shape index (κ3) is 5.98. The van der Waals surface area contributed by atoms with Crippen LogP contribution >= 0.6 is 0 Å². The SMILES string of the molecule is CN/C=C\C(=N)[C@H](NC(=O)c1ccc2cnc(NC3CCOCC3)cc2c1)c1ccc(OC)c(F)c1. The molecule has 1 saturated heterocycles. The molecule has 9 heteroatoms. The lowest BCUT2D eigenvalue weighted by Gasteiger charge is -2.23. The van der Waals surface area contributed by atoms with Gasteiger partial charge in [-0.25, -0.2) is 9.37 Å². The molecule has 3 aromatic rings. The molecule has 1 aromatic heterocycles. The molecule has 2 heterocycles. The number of ether oxygens (including phenoxy) is 2. The van der Waals surface area contributed by atoms with Crippen LogP contribution in [0.1, 0.15) is 34.8 Å². The van der Waals surface area contributed by atoms with Gasteiger partial charge in [-0.05, 0) is 66.4 Å². The lowest BCUT2D eigenvalue weighted by Crippen LogP contribution is -2.33. The van der Waals surface area contributed by atoms with Crippen LogP contribution in [-0.4, -0.2) is 50.0 Å². The van der Waals surface area contributed by atoms with Gasteiger partial charge in [-0.1, -0.05) is 12.1 Å². The van der Waals surface area contributed by atoms with Crippen molar-refractivity contribution in [2.75, 3.05) is 32.7 Å². The Bertz CT molecular complexity index is 1270. The Morgan fingerprint density at radius 2 is 2.00 bits per heavy atom. The first-order valence-corrected chi connectivity index (χ1v) is 11.8. The van der Waals surface area contributed by atoms with E-state index in [0.717, 1.165) is 42.6 Å². The number of rotatable bonds is 9. The lowest BCUT2D eigenvalue weighted by atomic mass is 10.00. The molecule has 0 unspecified atom stereocenters. The van der Waals surface area contributed by atoms with Crippen molar-refractivity contribution >= 4 is 28.2 Å². The Labute approximate surface area is 209 Å². The summed E-state index contributed by atoms with van der Waals surface area (Å²) < 4.78 is 24.8. The van der Waals surface area contributed by atoms with Gasteiger partial charge in [0.1, 0.15) is 5.82 Å². The molecule has 0 bridgehead atoms. The number of nitrogens with one attached hydrogen (secondary N) is 4. The number of hydrogen-bond donors (Lipinski definition) is 4. The number of carbonyl (C=O) groups excluding carboxylic acids is 1. The molecule has 0 radical (unpaired) electrons. The van der Waals surface area contributed by atoms with Crippen molar-refractivity contribution in [1.29, 1.82) is 5.41 Å². The second-order valence-corrected chi connectivity index (χ2v) is 8.54. The molecule has 1 aliphatic heterocycles. The van der Waals surface area contributed by atoms with Gasteiger partial charge in [0, 0.05) is 43.4 Å². The van der Waals surface area contributed by atoms with E-state index >= 15 is 0 Å². The summed E-state index contributed by atoms with van der Waals surface area (Å²) in [6.45, 7) is 1.46. The van der Waals surface area contributed by atoms with Gasteiger partial charge >= 0.3 is 0 Å². The van der Waals surface area contributed by atoms with Gasteiger partial charge in [0.2, 0.25) is 0 Å². The average molecular weight is 492 g/mol. The van der Waals surface area contributed by atoms with Gasteiger partial charge < -0.3 is 30.8 Å². The largest absolute Gasteiger partial charge is 0.494 e. The van der Waals surface area contributed by atoms with Crippen molar-refractivity contribution in [2.45, 2.75) is 24.9 Å². The van der Waals surface area contributed by atoms with Crippen LogP contribution in [0.2, 0.25) is 0 Å². The van der Waals surface area contributed by atoms with Gasteiger partial charge in [0.15, 0.2) is 11.6 Å². The molecule has 0 saturated carbocycles. The average Bonchev–Trinajstić information content (AvgIpc) is 2.90. The standard InChI is InChI=1S/C27H30FN5O3/c1-30-10-7-23(29)26(17-5-6-24(35-2)22(28)14-17)33-27(34)18-3-4-19-16-31-25(15-20(19)13-18)32-21-8-11-36-12-9-21/h3-7,10,13-16,21,26,29-30H,8-9,11-12H2,1-2H3,(H,31,32)(H,33,34)/b10-7-,29-23?/t26-/m1/s1. The number of nitrogens with zero attached hydrogens (tertiary/aromatic N) is 1. The normalized spacial score (nSPS) is 15.0. The Hall–Kier alpha value is -3.98. The number of halogens is 1. The third-order valence-corrected chi connectivity index (χ3v) is 6.08. The van der Waals surface area contributed by atoms with E-state index in [4.69, 9.17) is 14.9 Å². The smallest absolute Gasteiger partial charge is 0.252 e. The first-order chi connectivity index (χ1) is 17.5. The molecule has 1 aliphatic rings. The highest BCUT2D eigenvalue weighted by atomic mass is 19.1. The van der Waals surface area contributed by atoms with Gasteiger partial charge in [0.05, 0.1) is 18.9 Å². The fourth-order valence-corrected chi connectivity index (χ4v) is 4.10. The second-order valence-electron chi connectivity index (χ2n) is 8.54. The molecule has 0 aliphatic carbocycles. The molecular weight excluding hydrogens is 461 g/mol. The highest BCUT2D eigenvalue weighted by molar-refractivity contribution is 6.04. The van der Waals surface area contributed by atoms with E-state index < -0.39 is 11.9 Å². The van der Waals surface area contributed by atoms with E-state index in [9.17, 15) is 9.18 Å². The van der Waals surface area contributed by atoms with Crippen LogP contribution in [-0.2, 0) is 4.74 Å². The zero-order valence-corrected chi connectivity index (χ0v) is 20.3. The maximum absolute atomic E-state index is 14.4. The quantitative estimate of drug-likeness (QED) is 0.334. The molecule has 0 spiro atoms. The van der Waals surface area contributed by atoms with Crippen molar-refractivity contribution in [2.24, 2.45) is 0 Å². The highest BCUT2D eigenvalue weighted by Crippen LogP contribution is 2.25. The molecule has 8 nitrogen and oxygen atoms in total. The summed E-state index contributed by atoms with van der Waals surface area (Å²) in [5, 5.41) is 19.4. The van der Waals surface area contributed by atoms with Crippen molar-refractivity contribution in [3.8, 4) is 5.75 Å². The van der Waals surface area contributed by atoms with Crippen LogP contribution < -0.4 is 20.7 Å². The number of anilines is 1. The monoisotopic (exact) mass is 491 g/mol. The molecule has 4 N–H and O–H groups in total. The minimum Gasteiger partial charge on any atom is -0.494 e. The Balaban J connectivity index is 1.58. The number of amides is 1. The number of carbonyl (C=O) groups is 1. The molecule has 36 heavy (non-hydrogen) atoms. The summed E-state index contributed by atoms with van der Waals surface area (Å²) in [4.78, 5) is 17.7. The van der Waals surface area contributed by atoms with Crippen LogP contribution in [0.25, 0.3) is 10.8 Å². The zero-order valence-electron chi connectivity index (χ0n) is 20.3. The molecule has 1 amide bonds. The number of hydrogen-bond acceptors (Lipinski definition) is 7. The molecule has 2 aromatic carbocycles. The zero-order chi connectivity index (χ0) is 25.5. The van der Waals surface area contributed by atoms with E-state index in [1.807, 2.05) is 12.1 Å². The van der Waals surface area contributed by atoms with Gasteiger partial charge in [-0.15, -0.1) is 0 Å². The Morgan fingerprint density at radius 1 is 1.19 bits per heavy atom. The van der Waals surface area contributed by atoms with Crippen LogP contribution in [0, 0.1) is 11.2 Å². The minimum atomic E-state index is -0.860. The van der Waals surface area contributed by atoms with Crippen LogP contribution in [0.4, 0.5) is 10.2 Å². The third-order valence-electron chi connectivity index (χ3n) is 6.08. The minimum absolute atomic E-state index is 0.0921. The van der Waals surface area contributed by atoms with Crippen molar-refractivity contribution in [3.05, 3.63) is 77.9 Å². The number of benzene rings is 2. The topological polar surface area (TPSA) is 108 Å². The first kappa shape index (κ1) is 25.1. The molecule has 1 fully saturated rings. The maximum atomic E-state index is 14.4. The number of pyridine rings is 1. The predicted octanol–water partition coefficient (Wildman–Crippen LogP) is 4.20. The fourth-order valence-electron chi connectivity index (χ4n) is 4.10. The summed E-state index contributed by atoms with van der Waals surface area (Å²) >= 11 is 0. The summed E-state index contributed by atoms with van der Waals surface area (Å²) in [5.41, 5.74) is 0.950. The lowest BCUT2D eigenvalue weighted by molar-refractivity contribution is 0.0903. The number of fused-ring (bicyclic) bond motifs is 1. The van der Waals surface area contributed by atoms with E-state index in [1.54, 1.807) is 37.6 Å². The van der Waals surface area contributed by atoms with E-state index in [-0.39, 0.29) is 17.4 Å². The van der Waals surface area contributed by atoms with E-state index in [1.165, 1.54) is 25.3 Å². The van der Waals surface area contributed by atoms with Crippen LogP contribution in [0.3, 0.4) is 0 Å². The van der Waals surface area contributed by atoms with Crippen LogP contribution in [0.15, 0.2) is 60.9 Å². The summed E-state index contributed by atoms with van der Waals surface area (Å²) in [7, 11) is 3.09. The Kier molecular flexibility index (Phi) is 8.12. The molecule has 4 rings (SSSR count). The molecular formula is C27H30FN5O3. The van der Waals surface area contributed by atoms with E-state index in [0.29, 0.717) is 17.2 Å². The van der Waals surface area contributed by atoms with Gasteiger partial charge in [-0.2, -0.15) is 0 Å². The predicted molar refractivity (Wildman–Crippen MR) is 138 cm³/mol. The number of aromatic nitrogens is 1. The van der Waals surface area contributed by atoms with Crippen molar-refractivity contribution in [3.63, 3.8) is 0 Å². The second kappa shape index (κ2) is 11.6. The summed E-state index contributed by atoms with van der Waals surface area (Å²) in [6.07, 6.45) is 6.72. The molecule has 188 valence electrons. The highest BCUT2D eigenvalue weighted by Gasteiger charge is 2.21. The number of methoxy groups -OCH3 is 1. The van der Waals surface area contributed by atoms with Gasteiger partial charge in [0.25, 0.3) is 5.91 Å². The van der Waals surface area contributed by atoms with Crippen molar-refractivity contribution in [1.82, 2.24) is 15.6 Å². The first-order valence-electron chi connectivity index (χ1n) is 11.8. The van der Waals surface area contributed by atoms with Gasteiger partial charge in [-0.3, -0.25) is 4.79 Å². The summed E-state index contributed by atoms with van der Waals surface area (Å²) in [5.74, 6) is -0.106. The fraction of sp³-hybridized carbons (Fsp3) is 0.296.